The highest BCUT2D eigenvalue weighted by Gasteiger charge is 2.30. The van der Waals surface area contributed by atoms with Crippen LogP contribution in [0, 0.1) is 5.92 Å². The van der Waals surface area contributed by atoms with Gasteiger partial charge in [-0.25, -0.2) is 0 Å². The van der Waals surface area contributed by atoms with Crippen LogP contribution in [0.25, 0.3) is 5.65 Å². The predicted octanol–water partition coefficient (Wildman–Crippen LogP) is 3.07. The second-order valence-corrected chi connectivity index (χ2v) is 7.57. The number of esters is 1. The molecule has 1 aliphatic heterocycles. The van der Waals surface area contributed by atoms with Crippen molar-refractivity contribution in [2.24, 2.45) is 5.92 Å². The van der Waals surface area contributed by atoms with E-state index >= 15 is 0 Å². The van der Waals surface area contributed by atoms with Crippen LogP contribution in [0.1, 0.15) is 30.2 Å². The Balaban J connectivity index is 1.27. The van der Waals surface area contributed by atoms with E-state index in [0.717, 1.165) is 30.2 Å². The number of aromatic nitrogens is 5. The van der Waals surface area contributed by atoms with Crippen LogP contribution in [0.4, 0.5) is 5.82 Å². The zero-order chi connectivity index (χ0) is 21.0. The van der Waals surface area contributed by atoms with E-state index in [4.69, 9.17) is 4.74 Å². The molecule has 8 heteroatoms. The van der Waals surface area contributed by atoms with E-state index in [1.165, 1.54) is 0 Å². The number of benzene rings is 1. The number of rotatable bonds is 5. The van der Waals surface area contributed by atoms with Crippen LogP contribution in [0.15, 0.2) is 73.2 Å². The first-order valence-corrected chi connectivity index (χ1v) is 10.4. The monoisotopic (exact) mass is 414 g/mol. The molecule has 1 saturated heterocycles. The first kappa shape index (κ1) is 19.2. The maximum Gasteiger partial charge on any atom is 0.310 e. The van der Waals surface area contributed by atoms with E-state index in [0.29, 0.717) is 18.5 Å². The molecular weight excluding hydrogens is 392 g/mol. The first-order valence-electron chi connectivity index (χ1n) is 10.4. The normalized spacial score (nSPS) is 15.7. The van der Waals surface area contributed by atoms with Gasteiger partial charge in [-0.15, -0.1) is 15.3 Å². The Morgan fingerprint density at radius 3 is 2.58 bits per heavy atom. The lowest BCUT2D eigenvalue weighted by Crippen LogP contribution is -2.38. The van der Waals surface area contributed by atoms with Gasteiger partial charge in [-0.3, -0.25) is 9.78 Å². The van der Waals surface area contributed by atoms with Crippen molar-refractivity contribution in [3.05, 3.63) is 84.4 Å². The van der Waals surface area contributed by atoms with Gasteiger partial charge in [0.05, 0.1) is 11.6 Å². The molecule has 3 aromatic heterocycles. The summed E-state index contributed by atoms with van der Waals surface area (Å²) in [5.41, 5.74) is 2.35. The number of anilines is 1. The van der Waals surface area contributed by atoms with Crippen LogP contribution in [0.3, 0.4) is 0 Å². The molecule has 0 radical (unpaired) electrons. The number of nitrogens with zero attached hydrogens (tertiary/aromatic N) is 6. The fraction of sp³-hybridized carbons (Fsp3) is 0.261. The number of carbonyl (C=O) groups is 1. The highest BCUT2D eigenvalue weighted by atomic mass is 16.5. The third kappa shape index (κ3) is 4.09. The minimum Gasteiger partial charge on any atom is -0.451 e. The lowest BCUT2D eigenvalue weighted by Gasteiger charge is -2.32. The smallest absolute Gasteiger partial charge is 0.310 e. The van der Waals surface area contributed by atoms with Crippen molar-refractivity contribution in [3.63, 3.8) is 0 Å². The number of hydrogen-bond donors (Lipinski definition) is 0. The van der Waals surface area contributed by atoms with E-state index in [1.54, 1.807) is 17.0 Å². The third-order valence-electron chi connectivity index (χ3n) is 5.59. The van der Waals surface area contributed by atoms with Crippen molar-refractivity contribution >= 4 is 17.4 Å². The van der Waals surface area contributed by atoms with Gasteiger partial charge in [0.15, 0.2) is 11.8 Å². The summed E-state index contributed by atoms with van der Waals surface area (Å²) in [6.07, 6.45) is 4.22. The summed E-state index contributed by atoms with van der Waals surface area (Å²) >= 11 is 0. The lowest BCUT2D eigenvalue weighted by molar-refractivity contribution is -0.153. The summed E-state index contributed by atoms with van der Waals surface area (Å²) in [5, 5.41) is 12.4. The number of fused-ring (bicyclic) bond motifs is 1. The molecule has 1 unspecified atom stereocenters. The third-order valence-corrected chi connectivity index (χ3v) is 5.59. The maximum atomic E-state index is 13.0. The Labute approximate surface area is 179 Å². The van der Waals surface area contributed by atoms with Crippen molar-refractivity contribution in [1.29, 1.82) is 0 Å². The fourth-order valence-electron chi connectivity index (χ4n) is 3.90. The van der Waals surface area contributed by atoms with Gasteiger partial charge in [0.1, 0.15) is 12.1 Å². The largest absolute Gasteiger partial charge is 0.451 e. The summed E-state index contributed by atoms with van der Waals surface area (Å²) in [5.74, 6) is 0.529. The molecule has 0 aliphatic carbocycles. The molecular formula is C23H22N6O2. The highest BCUT2D eigenvalue weighted by molar-refractivity contribution is 5.73. The van der Waals surface area contributed by atoms with Gasteiger partial charge in [0, 0.05) is 19.3 Å². The molecule has 4 heterocycles. The number of piperidine rings is 1. The van der Waals surface area contributed by atoms with Gasteiger partial charge in [-0.1, -0.05) is 36.4 Å². The SMILES string of the molecule is O=C(OC(c1ccccc1)c1ccccn1)C1CCN(c2ccc3nncn3n2)CC1. The van der Waals surface area contributed by atoms with Crippen LogP contribution in [0.2, 0.25) is 0 Å². The lowest BCUT2D eigenvalue weighted by atomic mass is 9.96. The minimum atomic E-state index is -0.509. The molecule has 4 aromatic rings. The number of hydrogen-bond acceptors (Lipinski definition) is 7. The van der Waals surface area contributed by atoms with Crippen molar-refractivity contribution in [2.75, 3.05) is 18.0 Å². The summed E-state index contributed by atoms with van der Waals surface area (Å²) in [4.78, 5) is 19.6. The topological polar surface area (TPSA) is 85.5 Å². The molecule has 156 valence electrons. The maximum absolute atomic E-state index is 13.0. The van der Waals surface area contributed by atoms with E-state index in [2.05, 4.69) is 25.2 Å². The number of carbonyl (C=O) groups excluding carboxylic acids is 1. The predicted molar refractivity (Wildman–Crippen MR) is 114 cm³/mol. The van der Waals surface area contributed by atoms with Crippen LogP contribution >= 0.6 is 0 Å². The average molecular weight is 414 g/mol. The fourth-order valence-corrected chi connectivity index (χ4v) is 3.90. The van der Waals surface area contributed by atoms with Crippen molar-refractivity contribution in [2.45, 2.75) is 18.9 Å². The average Bonchev–Trinajstić information content (AvgIpc) is 3.32. The van der Waals surface area contributed by atoms with Gasteiger partial charge in [0.2, 0.25) is 0 Å². The molecule has 8 nitrogen and oxygen atoms in total. The van der Waals surface area contributed by atoms with Gasteiger partial charge in [-0.05, 0) is 42.7 Å². The van der Waals surface area contributed by atoms with E-state index in [-0.39, 0.29) is 11.9 Å². The molecule has 0 saturated carbocycles. The molecule has 5 rings (SSSR count). The van der Waals surface area contributed by atoms with Crippen LogP contribution in [0.5, 0.6) is 0 Å². The zero-order valence-electron chi connectivity index (χ0n) is 16.9. The molecule has 1 aromatic carbocycles. The molecule has 1 fully saturated rings. The van der Waals surface area contributed by atoms with Crippen molar-refractivity contribution in [1.82, 2.24) is 24.8 Å². The Bertz CT molecular complexity index is 1120. The Morgan fingerprint density at radius 2 is 1.81 bits per heavy atom. The molecule has 0 N–H and O–H groups in total. The van der Waals surface area contributed by atoms with E-state index in [1.807, 2.05) is 60.7 Å². The standard InChI is InChI=1S/C23H22N6O2/c30-23(31-22(17-6-2-1-3-7-17)19-8-4-5-13-24-19)18-11-14-28(15-12-18)21-10-9-20-26-25-16-29(20)27-21/h1-10,13,16,18,22H,11-12,14-15H2. The van der Waals surface area contributed by atoms with Crippen LogP contribution in [-0.4, -0.2) is 43.9 Å². The summed E-state index contributed by atoms with van der Waals surface area (Å²) in [6.45, 7) is 1.47. The Morgan fingerprint density at radius 1 is 1.00 bits per heavy atom. The Hall–Kier alpha value is -3.81. The second kappa shape index (κ2) is 8.51. The molecule has 0 amide bonds. The number of ether oxygens (including phenoxy) is 1. The quantitative estimate of drug-likeness (QED) is 0.464. The summed E-state index contributed by atoms with van der Waals surface area (Å²) in [7, 11) is 0. The Kier molecular flexibility index (Phi) is 5.26. The minimum absolute atomic E-state index is 0.148. The number of pyridine rings is 1. The van der Waals surface area contributed by atoms with Gasteiger partial charge < -0.3 is 9.64 Å². The van der Waals surface area contributed by atoms with Gasteiger partial charge >= 0.3 is 5.97 Å². The van der Waals surface area contributed by atoms with Crippen LogP contribution < -0.4 is 4.90 Å². The van der Waals surface area contributed by atoms with Crippen molar-refractivity contribution in [3.8, 4) is 0 Å². The summed E-state index contributed by atoms with van der Waals surface area (Å²) in [6, 6.07) is 19.2. The van der Waals surface area contributed by atoms with Gasteiger partial charge in [0.25, 0.3) is 0 Å². The molecule has 1 aliphatic rings. The van der Waals surface area contributed by atoms with E-state index in [9.17, 15) is 4.79 Å². The zero-order valence-corrected chi connectivity index (χ0v) is 16.9. The molecule has 31 heavy (non-hydrogen) atoms. The van der Waals surface area contributed by atoms with Crippen LogP contribution in [-0.2, 0) is 9.53 Å². The van der Waals surface area contributed by atoms with Crippen molar-refractivity contribution < 1.29 is 9.53 Å². The molecule has 0 spiro atoms. The second-order valence-electron chi connectivity index (χ2n) is 7.57. The first-order chi connectivity index (χ1) is 15.3. The highest BCUT2D eigenvalue weighted by Crippen LogP contribution is 2.29. The van der Waals surface area contributed by atoms with E-state index < -0.39 is 6.10 Å². The molecule has 1 atom stereocenters. The summed E-state index contributed by atoms with van der Waals surface area (Å²) < 4.78 is 7.65. The molecule has 0 bridgehead atoms. The van der Waals surface area contributed by atoms with Gasteiger partial charge in [-0.2, -0.15) is 4.52 Å².